The first-order chi connectivity index (χ1) is 8.51. The molecular weight excluding hydrogens is 230 g/mol. The molecule has 0 amide bonds. The van der Waals surface area contributed by atoms with Crippen LogP contribution >= 0.6 is 0 Å². The first-order valence-electron chi connectivity index (χ1n) is 6.40. The highest BCUT2D eigenvalue weighted by Crippen LogP contribution is 2.32. The predicted octanol–water partition coefficient (Wildman–Crippen LogP) is 2.36. The Hall–Kier alpha value is -1.42. The molecule has 0 atom stereocenters. The first kappa shape index (κ1) is 13.0. The number of carbonyl (C=O) groups is 1. The van der Waals surface area contributed by atoms with E-state index in [4.69, 9.17) is 4.74 Å². The Labute approximate surface area is 107 Å². The molecule has 0 aromatic carbocycles. The molecule has 4 heteroatoms. The summed E-state index contributed by atoms with van der Waals surface area (Å²) in [6.07, 6.45) is 5.99. The van der Waals surface area contributed by atoms with Crippen molar-refractivity contribution < 1.29 is 14.6 Å². The summed E-state index contributed by atoms with van der Waals surface area (Å²) in [5.74, 6) is 0.333. The maximum atomic E-state index is 12.3. The fourth-order valence-electron chi connectivity index (χ4n) is 2.34. The summed E-state index contributed by atoms with van der Waals surface area (Å²) in [6, 6.07) is 1.66. The van der Waals surface area contributed by atoms with Crippen LogP contribution in [0.15, 0.2) is 18.5 Å². The molecule has 1 fully saturated rings. The molecule has 4 nitrogen and oxygen atoms in total. The summed E-state index contributed by atoms with van der Waals surface area (Å²) >= 11 is 0. The molecule has 1 aromatic heterocycles. The standard InChI is InChI=1S/C14H19NO3/c1-10(2)18-12-7-11(8-15-9-12)13(16)14(17)5-3-4-6-14/h7-10,17H,3-6H2,1-2H3. The van der Waals surface area contributed by atoms with Crippen LogP contribution in [0.3, 0.4) is 0 Å². The van der Waals surface area contributed by atoms with E-state index in [1.165, 1.54) is 6.20 Å². The van der Waals surface area contributed by atoms with Crippen LogP contribution in [0, 0.1) is 0 Å². The summed E-state index contributed by atoms with van der Waals surface area (Å²) in [5, 5.41) is 10.3. The predicted molar refractivity (Wildman–Crippen MR) is 67.7 cm³/mol. The number of ketones is 1. The highest BCUT2D eigenvalue weighted by atomic mass is 16.5. The molecule has 1 aliphatic carbocycles. The third kappa shape index (κ3) is 2.70. The van der Waals surface area contributed by atoms with Crippen LogP contribution in [0.2, 0.25) is 0 Å². The van der Waals surface area contributed by atoms with Gasteiger partial charge in [-0.15, -0.1) is 0 Å². The van der Waals surface area contributed by atoms with Gasteiger partial charge in [0.15, 0.2) is 5.78 Å². The van der Waals surface area contributed by atoms with Gasteiger partial charge in [0.05, 0.1) is 12.3 Å². The number of hydrogen-bond donors (Lipinski definition) is 1. The van der Waals surface area contributed by atoms with Crippen molar-refractivity contribution in [2.45, 2.75) is 51.2 Å². The lowest BCUT2D eigenvalue weighted by molar-refractivity contribution is 0.0352. The van der Waals surface area contributed by atoms with Crippen molar-refractivity contribution >= 4 is 5.78 Å². The molecule has 1 saturated carbocycles. The van der Waals surface area contributed by atoms with Gasteiger partial charge in [-0.2, -0.15) is 0 Å². The molecule has 0 bridgehead atoms. The summed E-state index contributed by atoms with van der Waals surface area (Å²) in [5.41, 5.74) is -0.768. The van der Waals surface area contributed by atoms with Gasteiger partial charge >= 0.3 is 0 Å². The van der Waals surface area contributed by atoms with Crippen LogP contribution in [0.25, 0.3) is 0 Å². The van der Waals surface area contributed by atoms with E-state index in [2.05, 4.69) is 4.98 Å². The highest BCUT2D eigenvalue weighted by molar-refractivity contribution is 6.02. The van der Waals surface area contributed by atoms with Crippen molar-refractivity contribution in [3.05, 3.63) is 24.0 Å². The molecule has 2 rings (SSSR count). The van der Waals surface area contributed by atoms with Crippen molar-refractivity contribution in [2.75, 3.05) is 0 Å². The molecule has 0 spiro atoms. The molecule has 0 unspecified atom stereocenters. The second-order valence-electron chi connectivity index (χ2n) is 5.14. The van der Waals surface area contributed by atoms with Gasteiger partial charge in [0.2, 0.25) is 0 Å². The zero-order chi connectivity index (χ0) is 13.2. The molecule has 18 heavy (non-hydrogen) atoms. The van der Waals surface area contributed by atoms with Crippen molar-refractivity contribution in [3.63, 3.8) is 0 Å². The fraction of sp³-hybridized carbons (Fsp3) is 0.571. The third-order valence-electron chi connectivity index (χ3n) is 3.20. The van der Waals surface area contributed by atoms with Gasteiger partial charge < -0.3 is 9.84 Å². The first-order valence-corrected chi connectivity index (χ1v) is 6.40. The number of hydrogen-bond acceptors (Lipinski definition) is 4. The lowest BCUT2D eigenvalue weighted by Gasteiger charge is -2.20. The van der Waals surface area contributed by atoms with Crippen LogP contribution in [0.5, 0.6) is 5.75 Å². The van der Waals surface area contributed by atoms with Crippen molar-refractivity contribution in [2.24, 2.45) is 0 Å². The molecule has 1 N–H and O–H groups in total. The number of carbonyl (C=O) groups excluding carboxylic acids is 1. The third-order valence-corrected chi connectivity index (χ3v) is 3.20. The van der Waals surface area contributed by atoms with Crippen LogP contribution in [0.4, 0.5) is 0 Å². The quantitative estimate of drug-likeness (QED) is 0.832. The normalized spacial score (nSPS) is 18.0. The van der Waals surface area contributed by atoms with Crippen LogP contribution in [-0.2, 0) is 0 Å². The Morgan fingerprint density at radius 3 is 2.67 bits per heavy atom. The Kier molecular flexibility index (Phi) is 3.66. The summed E-state index contributed by atoms with van der Waals surface area (Å²) in [7, 11) is 0. The Morgan fingerprint density at radius 2 is 2.06 bits per heavy atom. The summed E-state index contributed by atoms with van der Waals surface area (Å²) < 4.78 is 5.50. The zero-order valence-corrected chi connectivity index (χ0v) is 10.8. The molecule has 1 aliphatic rings. The van der Waals surface area contributed by atoms with Gasteiger partial charge in [-0.25, -0.2) is 0 Å². The lowest BCUT2D eigenvalue weighted by atomic mass is 9.92. The van der Waals surface area contributed by atoms with Gasteiger partial charge in [0.25, 0.3) is 0 Å². The van der Waals surface area contributed by atoms with Gasteiger partial charge in [0, 0.05) is 11.8 Å². The van der Waals surface area contributed by atoms with E-state index in [9.17, 15) is 9.90 Å². The molecule has 0 saturated heterocycles. The maximum Gasteiger partial charge on any atom is 0.196 e. The Balaban J connectivity index is 2.20. The second kappa shape index (κ2) is 5.06. The van der Waals surface area contributed by atoms with Crippen molar-refractivity contribution in [1.82, 2.24) is 4.98 Å². The smallest absolute Gasteiger partial charge is 0.196 e. The monoisotopic (exact) mass is 249 g/mol. The van der Waals surface area contributed by atoms with Crippen LogP contribution in [-0.4, -0.2) is 27.6 Å². The maximum absolute atomic E-state index is 12.3. The largest absolute Gasteiger partial charge is 0.489 e. The van der Waals surface area contributed by atoms with E-state index in [0.29, 0.717) is 24.2 Å². The Bertz CT molecular complexity index is 436. The number of aliphatic hydroxyl groups is 1. The van der Waals surface area contributed by atoms with E-state index in [0.717, 1.165) is 12.8 Å². The van der Waals surface area contributed by atoms with E-state index in [1.807, 2.05) is 13.8 Å². The van der Waals surface area contributed by atoms with E-state index < -0.39 is 5.60 Å². The molecular formula is C14H19NO3. The molecule has 1 heterocycles. The summed E-state index contributed by atoms with van der Waals surface area (Å²) in [4.78, 5) is 16.3. The van der Waals surface area contributed by atoms with E-state index in [-0.39, 0.29) is 11.9 Å². The minimum Gasteiger partial charge on any atom is -0.489 e. The van der Waals surface area contributed by atoms with Gasteiger partial charge in [0.1, 0.15) is 11.4 Å². The van der Waals surface area contributed by atoms with Crippen molar-refractivity contribution in [3.8, 4) is 5.75 Å². The number of pyridine rings is 1. The fourth-order valence-corrected chi connectivity index (χ4v) is 2.34. The van der Waals surface area contributed by atoms with E-state index in [1.54, 1.807) is 12.3 Å². The molecule has 0 radical (unpaired) electrons. The number of Topliss-reactive ketones (excluding diaryl/α,β-unsaturated/α-hetero) is 1. The summed E-state index contributed by atoms with van der Waals surface area (Å²) in [6.45, 7) is 3.83. The zero-order valence-electron chi connectivity index (χ0n) is 10.8. The average Bonchev–Trinajstić information content (AvgIpc) is 2.76. The number of aromatic nitrogens is 1. The molecule has 98 valence electrons. The number of ether oxygens (including phenoxy) is 1. The average molecular weight is 249 g/mol. The number of nitrogens with zero attached hydrogens (tertiary/aromatic N) is 1. The highest BCUT2D eigenvalue weighted by Gasteiger charge is 2.39. The topological polar surface area (TPSA) is 59.4 Å². The molecule has 0 aliphatic heterocycles. The van der Waals surface area contributed by atoms with Crippen LogP contribution in [0.1, 0.15) is 49.9 Å². The lowest BCUT2D eigenvalue weighted by Crippen LogP contribution is -2.35. The molecule has 1 aromatic rings. The Morgan fingerprint density at radius 1 is 1.39 bits per heavy atom. The minimum absolute atomic E-state index is 0.0340. The van der Waals surface area contributed by atoms with Gasteiger partial charge in [-0.3, -0.25) is 9.78 Å². The second-order valence-corrected chi connectivity index (χ2v) is 5.14. The van der Waals surface area contributed by atoms with Crippen molar-refractivity contribution in [1.29, 1.82) is 0 Å². The minimum atomic E-state index is -1.20. The van der Waals surface area contributed by atoms with Gasteiger partial charge in [-0.1, -0.05) is 0 Å². The van der Waals surface area contributed by atoms with E-state index >= 15 is 0 Å². The SMILES string of the molecule is CC(C)Oc1cncc(C(=O)C2(O)CCCC2)c1. The number of rotatable bonds is 4. The van der Waals surface area contributed by atoms with Crippen LogP contribution < -0.4 is 4.74 Å². The van der Waals surface area contributed by atoms with Gasteiger partial charge in [-0.05, 0) is 45.6 Å².